The van der Waals surface area contributed by atoms with Crippen molar-refractivity contribution in [3.63, 3.8) is 0 Å². The predicted molar refractivity (Wildman–Crippen MR) is 94.8 cm³/mol. The normalized spacial score (nSPS) is 10.2. The third-order valence-electron chi connectivity index (χ3n) is 3.44. The zero-order valence-corrected chi connectivity index (χ0v) is 14.5. The molecule has 1 aromatic carbocycles. The first kappa shape index (κ1) is 17.7. The Balaban J connectivity index is 2.20. The van der Waals surface area contributed by atoms with Gasteiger partial charge < -0.3 is 24.8 Å². The minimum absolute atomic E-state index is 0.551. The Bertz CT molecular complexity index is 639. The van der Waals surface area contributed by atoms with Crippen molar-refractivity contribution in [2.24, 2.45) is 0 Å². The summed E-state index contributed by atoms with van der Waals surface area (Å²) in [6, 6.07) is 5.51. The number of hydrogen-bond donors (Lipinski definition) is 2. The van der Waals surface area contributed by atoms with Crippen LogP contribution in [0.3, 0.4) is 0 Å². The number of benzene rings is 1. The molecular weight excluding hydrogens is 308 g/mol. The second-order valence-corrected chi connectivity index (χ2v) is 5.11. The minimum atomic E-state index is 0.551. The number of hydrogen-bond acceptors (Lipinski definition) is 7. The molecule has 0 unspecified atom stereocenters. The smallest absolute Gasteiger partial charge is 0.203 e. The molecule has 0 spiro atoms. The monoisotopic (exact) mass is 332 g/mol. The molecule has 0 fully saturated rings. The van der Waals surface area contributed by atoms with Gasteiger partial charge in [-0.15, -0.1) is 0 Å². The van der Waals surface area contributed by atoms with Gasteiger partial charge in [-0.25, -0.2) is 9.97 Å². The molecule has 2 rings (SSSR count). The first-order valence-electron chi connectivity index (χ1n) is 7.84. The lowest BCUT2D eigenvalue weighted by Gasteiger charge is -2.15. The van der Waals surface area contributed by atoms with E-state index >= 15 is 0 Å². The number of nitrogens with zero attached hydrogens (tertiary/aromatic N) is 2. The molecule has 0 radical (unpaired) electrons. The highest BCUT2D eigenvalue weighted by Gasteiger charge is 2.13. The van der Waals surface area contributed by atoms with Gasteiger partial charge in [0.25, 0.3) is 0 Å². The van der Waals surface area contributed by atoms with Crippen LogP contribution in [0, 0.1) is 0 Å². The van der Waals surface area contributed by atoms with E-state index in [2.05, 4.69) is 27.5 Å². The molecule has 0 aliphatic heterocycles. The number of methoxy groups -OCH3 is 3. The lowest BCUT2D eigenvalue weighted by molar-refractivity contribution is 0.324. The fourth-order valence-corrected chi connectivity index (χ4v) is 2.22. The minimum Gasteiger partial charge on any atom is -0.493 e. The van der Waals surface area contributed by atoms with Crippen LogP contribution in [0.15, 0.2) is 24.5 Å². The van der Waals surface area contributed by atoms with E-state index in [4.69, 9.17) is 14.2 Å². The molecule has 0 aliphatic rings. The molecule has 7 nitrogen and oxygen atoms in total. The Labute approximate surface area is 142 Å². The number of unbranched alkanes of at least 4 members (excludes halogenated alkanes) is 1. The van der Waals surface area contributed by atoms with E-state index in [9.17, 15) is 0 Å². The van der Waals surface area contributed by atoms with Gasteiger partial charge in [0.15, 0.2) is 11.5 Å². The van der Waals surface area contributed by atoms with Gasteiger partial charge >= 0.3 is 0 Å². The predicted octanol–water partition coefficient (Wildman–Crippen LogP) is 3.46. The highest BCUT2D eigenvalue weighted by molar-refractivity contribution is 5.67. The summed E-state index contributed by atoms with van der Waals surface area (Å²) in [6.45, 7) is 3.04. The molecule has 2 N–H and O–H groups in total. The standard InChI is InChI=1S/C17H24N4O3/c1-5-6-7-18-15-10-16(20-11-19-15)21-12-8-13(22-2)17(24-4)14(9-12)23-3/h8-11H,5-7H2,1-4H3,(H2,18,19,20,21). The molecule has 0 saturated carbocycles. The fourth-order valence-electron chi connectivity index (χ4n) is 2.22. The van der Waals surface area contributed by atoms with Crippen molar-refractivity contribution in [2.75, 3.05) is 38.5 Å². The number of anilines is 3. The largest absolute Gasteiger partial charge is 0.493 e. The van der Waals surface area contributed by atoms with E-state index in [0.29, 0.717) is 23.1 Å². The van der Waals surface area contributed by atoms with Crippen LogP contribution in [0.2, 0.25) is 0 Å². The number of nitrogens with one attached hydrogen (secondary N) is 2. The molecule has 0 bridgehead atoms. The van der Waals surface area contributed by atoms with Crippen molar-refractivity contribution < 1.29 is 14.2 Å². The maximum atomic E-state index is 5.36. The fraction of sp³-hybridized carbons (Fsp3) is 0.412. The first-order chi connectivity index (χ1) is 11.7. The van der Waals surface area contributed by atoms with Gasteiger partial charge in [-0.3, -0.25) is 0 Å². The van der Waals surface area contributed by atoms with Crippen molar-refractivity contribution in [3.8, 4) is 17.2 Å². The van der Waals surface area contributed by atoms with Crippen LogP contribution in [0.4, 0.5) is 17.3 Å². The molecule has 7 heteroatoms. The third kappa shape index (κ3) is 4.41. The van der Waals surface area contributed by atoms with Crippen LogP contribution in [-0.4, -0.2) is 37.8 Å². The van der Waals surface area contributed by atoms with Crippen LogP contribution in [0.1, 0.15) is 19.8 Å². The Morgan fingerprint density at radius 3 is 2.17 bits per heavy atom. The number of ether oxygens (including phenoxy) is 3. The number of rotatable bonds is 9. The summed E-state index contributed by atoms with van der Waals surface area (Å²) >= 11 is 0. The Hall–Kier alpha value is -2.70. The second-order valence-electron chi connectivity index (χ2n) is 5.11. The third-order valence-corrected chi connectivity index (χ3v) is 3.44. The molecule has 1 heterocycles. The SMILES string of the molecule is CCCCNc1cc(Nc2cc(OC)c(OC)c(OC)c2)ncn1. The van der Waals surface area contributed by atoms with Gasteiger partial charge in [0.2, 0.25) is 5.75 Å². The lowest BCUT2D eigenvalue weighted by atomic mass is 10.2. The summed E-state index contributed by atoms with van der Waals surface area (Å²) < 4.78 is 16.0. The van der Waals surface area contributed by atoms with Crippen LogP contribution in [-0.2, 0) is 0 Å². The van der Waals surface area contributed by atoms with Gasteiger partial charge in [-0.2, -0.15) is 0 Å². The van der Waals surface area contributed by atoms with Gasteiger partial charge in [-0.05, 0) is 6.42 Å². The summed E-state index contributed by atoms with van der Waals surface area (Å²) in [5.74, 6) is 3.17. The summed E-state index contributed by atoms with van der Waals surface area (Å²) in [5, 5.41) is 6.50. The average molecular weight is 332 g/mol. The molecule has 0 amide bonds. The molecule has 2 aromatic rings. The Morgan fingerprint density at radius 2 is 1.58 bits per heavy atom. The maximum absolute atomic E-state index is 5.36. The van der Waals surface area contributed by atoms with Gasteiger partial charge in [-0.1, -0.05) is 13.3 Å². The van der Waals surface area contributed by atoms with E-state index in [1.165, 1.54) is 6.33 Å². The molecule has 1 aromatic heterocycles. The van der Waals surface area contributed by atoms with E-state index in [-0.39, 0.29) is 0 Å². The van der Waals surface area contributed by atoms with Gasteiger partial charge in [0, 0.05) is 30.4 Å². The summed E-state index contributed by atoms with van der Waals surface area (Å²) in [5.41, 5.74) is 0.780. The molecular formula is C17H24N4O3. The van der Waals surface area contributed by atoms with Crippen LogP contribution in [0.5, 0.6) is 17.2 Å². The summed E-state index contributed by atoms with van der Waals surface area (Å²) in [7, 11) is 4.75. The van der Waals surface area contributed by atoms with E-state index in [1.807, 2.05) is 18.2 Å². The molecule has 130 valence electrons. The van der Waals surface area contributed by atoms with Crippen molar-refractivity contribution in [3.05, 3.63) is 24.5 Å². The quantitative estimate of drug-likeness (QED) is 0.681. The lowest BCUT2D eigenvalue weighted by Crippen LogP contribution is -2.04. The molecule has 0 saturated heterocycles. The maximum Gasteiger partial charge on any atom is 0.203 e. The first-order valence-corrected chi connectivity index (χ1v) is 7.84. The van der Waals surface area contributed by atoms with Gasteiger partial charge in [0.05, 0.1) is 21.3 Å². The van der Waals surface area contributed by atoms with E-state index in [1.54, 1.807) is 21.3 Å². The zero-order chi connectivity index (χ0) is 17.4. The topological polar surface area (TPSA) is 77.5 Å². The van der Waals surface area contributed by atoms with Crippen molar-refractivity contribution in [1.29, 1.82) is 0 Å². The Kier molecular flexibility index (Phi) is 6.48. The second kappa shape index (κ2) is 8.81. The van der Waals surface area contributed by atoms with E-state index < -0.39 is 0 Å². The van der Waals surface area contributed by atoms with Crippen molar-refractivity contribution in [2.45, 2.75) is 19.8 Å². The highest BCUT2D eigenvalue weighted by atomic mass is 16.5. The number of aromatic nitrogens is 2. The Morgan fingerprint density at radius 1 is 0.917 bits per heavy atom. The van der Waals surface area contributed by atoms with Crippen LogP contribution >= 0.6 is 0 Å². The molecule has 0 aliphatic carbocycles. The zero-order valence-electron chi connectivity index (χ0n) is 14.5. The van der Waals surface area contributed by atoms with Crippen molar-refractivity contribution >= 4 is 17.3 Å². The molecule has 24 heavy (non-hydrogen) atoms. The van der Waals surface area contributed by atoms with Crippen LogP contribution in [0.25, 0.3) is 0 Å². The van der Waals surface area contributed by atoms with Gasteiger partial charge in [0.1, 0.15) is 18.0 Å². The summed E-state index contributed by atoms with van der Waals surface area (Å²) in [6.07, 6.45) is 3.75. The average Bonchev–Trinajstić information content (AvgIpc) is 2.61. The highest BCUT2D eigenvalue weighted by Crippen LogP contribution is 2.40. The van der Waals surface area contributed by atoms with Crippen LogP contribution < -0.4 is 24.8 Å². The van der Waals surface area contributed by atoms with Crippen molar-refractivity contribution in [1.82, 2.24) is 9.97 Å². The molecule has 0 atom stereocenters. The van der Waals surface area contributed by atoms with E-state index in [0.717, 1.165) is 30.9 Å². The summed E-state index contributed by atoms with van der Waals surface area (Å²) in [4.78, 5) is 8.46.